The highest BCUT2D eigenvalue weighted by atomic mass is 35.5. The van der Waals surface area contributed by atoms with Gasteiger partial charge in [-0.05, 0) is 17.7 Å². The van der Waals surface area contributed by atoms with Crippen molar-refractivity contribution >= 4 is 17.6 Å². The lowest BCUT2D eigenvalue weighted by atomic mass is 10.0. The van der Waals surface area contributed by atoms with E-state index < -0.39 is 41.3 Å². The van der Waals surface area contributed by atoms with Crippen LogP contribution in [0.3, 0.4) is 0 Å². The number of benzene rings is 1. The van der Waals surface area contributed by atoms with E-state index in [0.717, 1.165) is 19.2 Å². The largest absolute Gasteiger partial charge is 0.469 e. The second kappa shape index (κ2) is 6.08. The van der Waals surface area contributed by atoms with Crippen molar-refractivity contribution in [3.63, 3.8) is 0 Å². The summed E-state index contributed by atoms with van der Waals surface area (Å²) >= 11 is 5.27. The van der Waals surface area contributed by atoms with Gasteiger partial charge >= 0.3 is 5.97 Å². The van der Waals surface area contributed by atoms with E-state index in [1.54, 1.807) is 0 Å². The number of hydrogen-bond acceptors (Lipinski definition) is 4. The van der Waals surface area contributed by atoms with E-state index in [2.05, 4.69) is 4.74 Å². The number of carbonyl (C=O) groups excluding carboxylic acids is 1. The van der Waals surface area contributed by atoms with Crippen LogP contribution in [-0.4, -0.2) is 29.4 Å². The van der Waals surface area contributed by atoms with Crippen molar-refractivity contribution in [2.75, 3.05) is 7.11 Å². The van der Waals surface area contributed by atoms with E-state index >= 15 is 0 Å². The third-order valence-corrected chi connectivity index (χ3v) is 2.68. The number of carbonyl (C=O) groups is 1. The number of rotatable bonds is 4. The van der Waals surface area contributed by atoms with Crippen LogP contribution in [0.5, 0.6) is 0 Å². The van der Waals surface area contributed by atoms with Crippen LogP contribution in [0.2, 0.25) is 5.02 Å². The SMILES string of the molecule is COC(=O)CC(O)C(O)c1cc(F)c(Cl)c(F)c1. The lowest BCUT2D eigenvalue weighted by Gasteiger charge is -2.17. The molecule has 2 unspecified atom stereocenters. The van der Waals surface area contributed by atoms with Crippen LogP contribution >= 0.6 is 11.6 Å². The van der Waals surface area contributed by atoms with Gasteiger partial charge in [0.1, 0.15) is 22.8 Å². The van der Waals surface area contributed by atoms with E-state index in [0.29, 0.717) is 0 Å². The molecule has 2 atom stereocenters. The Morgan fingerprint density at radius 1 is 1.39 bits per heavy atom. The van der Waals surface area contributed by atoms with Crippen LogP contribution in [0, 0.1) is 11.6 Å². The standard InChI is InChI=1S/C11H11ClF2O4/c1-18-9(16)4-8(15)11(17)5-2-6(13)10(12)7(14)3-5/h2-3,8,11,15,17H,4H2,1H3. The van der Waals surface area contributed by atoms with Crippen LogP contribution in [-0.2, 0) is 9.53 Å². The Kier molecular flexibility index (Phi) is 5.01. The van der Waals surface area contributed by atoms with Gasteiger partial charge in [-0.15, -0.1) is 0 Å². The number of esters is 1. The highest BCUT2D eigenvalue weighted by molar-refractivity contribution is 6.30. The van der Waals surface area contributed by atoms with Gasteiger partial charge in [0, 0.05) is 0 Å². The van der Waals surface area contributed by atoms with Gasteiger partial charge in [-0.3, -0.25) is 4.79 Å². The van der Waals surface area contributed by atoms with Gasteiger partial charge in [0.15, 0.2) is 0 Å². The summed E-state index contributed by atoms with van der Waals surface area (Å²) < 4.78 is 30.6. The summed E-state index contributed by atoms with van der Waals surface area (Å²) in [4.78, 5) is 10.9. The zero-order valence-electron chi connectivity index (χ0n) is 9.36. The predicted octanol–water partition coefficient (Wildman–Crippen LogP) is 1.58. The third kappa shape index (κ3) is 3.38. The maximum atomic E-state index is 13.1. The maximum Gasteiger partial charge on any atom is 0.308 e. The number of halogens is 3. The van der Waals surface area contributed by atoms with Gasteiger partial charge in [0.05, 0.1) is 19.6 Å². The van der Waals surface area contributed by atoms with Crippen molar-refractivity contribution in [3.8, 4) is 0 Å². The molecule has 0 aliphatic heterocycles. The smallest absolute Gasteiger partial charge is 0.308 e. The van der Waals surface area contributed by atoms with Crippen molar-refractivity contribution in [3.05, 3.63) is 34.4 Å². The molecular weight excluding hydrogens is 270 g/mol. The number of hydrogen-bond donors (Lipinski definition) is 2. The Balaban J connectivity index is 2.90. The van der Waals surface area contributed by atoms with E-state index in [-0.39, 0.29) is 5.56 Å². The molecule has 0 saturated carbocycles. The molecule has 1 aromatic rings. The number of ether oxygens (including phenoxy) is 1. The molecule has 4 nitrogen and oxygen atoms in total. The first-order valence-electron chi connectivity index (χ1n) is 4.94. The van der Waals surface area contributed by atoms with Crippen molar-refractivity contribution in [2.24, 2.45) is 0 Å². The summed E-state index contributed by atoms with van der Waals surface area (Å²) in [6.07, 6.45) is -3.65. The molecule has 0 fully saturated rings. The van der Waals surface area contributed by atoms with Crippen LogP contribution in [0.1, 0.15) is 18.1 Å². The van der Waals surface area contributed by atoms with Crippen LogP contribution in [0.15, 0.2) is 12.1 Å². The zero-order valence-corrected chi connectivity index (χ0v) is 10.1. The second-order valence-corrected chi connectivity index (χ2v) is 3.97. The fourth-order valence-electron chi connectivity index (χ4n) is 1.33. The van der Waals surface area contributed by atoms with Crippen molar-refractivity contribution < 1.29 is 28.5 Å². The van der Waals surface area contributed by atoms with E-state index in [1.807, 2.05) is 0 Å². The van der Waals surface area contributed by atoms with E-state index in [9.17, 15) is 23.8 Å². The molecule has 0 aromatic heterocycles. The molecule has 0 amide bonds. The number of aliphatic hydroxyl groups is 2. The normalized spacial score (nSPS) is 14.1. The van der Waals surface area contributed by atoms with E-state index in [1.165, 1.54) is 0 Å². The molecule has 0 aliphatic carbocycles. The predicted molar refractivity (Wildman–Crippen MR) is 59.0 cm³/mol. The molecule has 2 N–H and O–H groups in total. The third-order valence-electron chi connectivity index (χ3n) is 2.32. The number of aliphatic hydroxyl groups excluding tert-OH is 2. The van der Waals surface area contributed by atoms with Crippen LogP contribution in [0.4, 0.5) is 8.78 Å². The Bertz CT molecular complexity index is 430. The molecule has 18 heavy (non-hydrogen) atoms. The highest BCUT2D eigenvalue weighted by Gasteiger charge is 2.23. The van der Waals surface area contributed by atoms with E-state index in [4.69, 9.17) is 11.6 Å². The topological polar surface area (TPSA) is 66.8 Å². The maximum absolute atomic E-state index is 13.1. The monoisotopic (exact) mass is 280 g/mol. The molecular formula is C11H11ClF2O4. The lowest BCUT2D eigenvalue weighted by Crippen LogP contribution is -2.22. The molecule has 0 radical (unpaired) electrons. The van der Waals surface area contributed by atoms with Crippen molar-refractivity contribution in [1.29, 1.82) is 0 Å². The molecule has 0 aliphatic rings. The second-order valence-electron chi connectivity index (χ2n) is 3.59. The average Bonchev–Trinajstić information content (AvgIpc) is 2.33. The Morgan fingerprint density at radius 2 is 1.89 bits per heavy atom. The fraction of sp³-hybridized carbons (Fsp3) is 0.364. The average molecular weight is 281 g/mol. The summed E-state index contributed by atoms with van der Waals surface area (Å²) in [6, 6.07) is 1.58. The molecule has 1 aromatic carbocycles. The minimum atomic E-state index is -1.62. The molecule has 0 saturated heterocycles. The first-order chi connectivity index (χ1) is 8.36. The molecule has 100 valence electrons. The quantitative estimate of drug-likeness (QED) is 0.649. The first-order valence-corrected chi connectivity index (χ1v) is 5.32. The van der Waals surface area contributed by atoms with Crippen molar-refractivity contribution in [1.82, 2.24) is 0 Å². The minimum absolute atomic E-state index is 0.217. The Labute approximate surface area is 107 Å². The van der Waals surface area contributed by atoms with Gasteiger partial charge in [0.2, 0.25) is 0 Å². The van der Waals surface area contributed by atoms with Crippen molar-refractivity contribution in [2.45, 2.75) is 18.6 Å². The molecule has 1 rings (SSSR count). The highest BCUT2D eigenvalue weighted by Crippen LogP contribution is 2.26. The minimum Gasteiger partial charge on any atom is -0.469 e. The summed E-state index contributed by atoms with van der Waals surface area (Å²) in [5, 5.41) is 18.4. The van der Waals surface area contributed by atoms with Gasteiger partial charge in [-0.1, -0.05) is 11.6 Å². The first kappa shape index (κ1) is 14.8. The summed E-state index contributed by atoms with van der Waals surface area (Å²) in [5.74, 6) is -2.87. The summed E-state index contributed by atoms with van der Waals surface area (Å²) in [7, 11) is 1.11. The van der Waals surface area contributed by atoms with Gasteiger partial charge in [0.25, 0.3) is 0 Å². The lowest BCUT2D eigenvalue weighted by molar-refractivity contribution is -0.144. The van der Waals surface area contributed by atoms with Gasteiger partial charge in [-0.25, -0.2) is 8.78 Å². The van der Waals surface area contributed by atoms with Gasteiger partial charge in [-0.2, -0.15) is 0 Å². The Hall–Kier alpha value is -1.24. The summed E-state index contributed by atoms with van der Waals surface area (Å²) in [5.41, 5.74) is -0.217. The Morgan fingerprint density at radius 3 is 2.33 bits per heavy atom. The zero-order chi connectivity index (χ0) is 13.9. The summed E-state index contributed by atoms with van der Waals surface area (Å²) in [6.45, 7) is 0. The molecule has 0 spiro atoms. The van der Waals surface area contributed by atoms with Gasteiger partial charge < -0.3 is 14.9 Å². The molecule has 7 heteroatoms. The molecule has 0 heterocycles. The van der Waals surface area contributed by atoms with Crippen LogP contribution in [0.25, 0.3) is 0 Å². The fourth-order valence-corrected chi connectivity index (χ4v) is 1.44. The molecule has 0 bridgehead atoms. The number of methoxy groups -OCH3 is 1. The van der Waals surface area contributed by atoms with Crippen LogP contribution < -0.4 is 0 Å².